The summed E-state index contributed by atoms with van der Waals surface area (Å²) in [5.74, 6) is -0.334. The van der Waals surface area contributed by atoms with Crippen molar-refractivity contribution in [1.29, 1.82) is 0 Å². The van der Waals surface area contributed by atoms with Gasteiger partial charge in [-0.3, -0.25) is 4.79 Å². The third kappa shape index (κ3) is 3.25. The van der Waals surface area contributed by atoms with Crippen LogP contribution in [0.15, 0.2) is 0 Å². The zero-order valence-electron chi connectivity index (χ0n) is 10.0. The quantitative estimate of drug-likeness (QED) is 0.592. The Hall–Kier alpha value is -0.490. The van der Waals surface area contributed by atoms with E-state index in [4.69, 9.17) is 4.74 Å². The standard InChI is InChI=1S/C11H21NO4/c1-6(2)12-9(10(15)7(3)13)11-8(14)4-5-16-11/h6-9,11-14H,4-5H2,1-3H3. The van der Waals surface area contributed by atoms with Crippen LogP contribution in [0, 0.1) is 0 Å². The average Bonchev–Trinajstić information content (AvgIpc) is 2.59. The third-order valence-corrected chi connectivity index (χ3v) is 2.66. The number of Topliss-reactive ketones (excluding diaryl/α,β-unsaturated/α-hetero) is 1. The van der Waals surface area contributed by atoms with E-state index in [1.165, 1.54) is 6.92 Å². The Morgan fingerprint density at radius 3 is 2.44 bits per heavy atom. The SMILES string of the molecule is CC(C)NC(C(=O)C(C)O)C1OCCC1O. The molecule has 5 nitrogen and oxygen atoms in total. The number of hydrogen-bond donors (Lipinski definition) is 3. The smallest absolute Gasteiger partial charge is 0.180 e. The van der Waals surface area contributed by atoms with Crippen molar-refractivity contribution < 1.29 is 19.7 Å². The normalized spacial score (nSPS) is 29.4. The Balaban J connectivity index is 2.73. The lowest BCUT2D eigenvalue weighted by Crippen LogP contribution is -2.54. The number of aliphatic hydroxyl groups is 2. The van der Waals surface area contributed by atoms with Crippen molar-refractivity contribution in [3.8, 4) is 0 Å². The van der Waals surface area contributed by atoms with Crippen molar-refractivity contribution >= 4 is 5.78 Å². The Kier molecular flexibility index (Phi) is 4.86. The summed E-state index contributed by atoms with van der Waals surface area (Å²) in [7, 11) is 0. The first kappa shape index (κ1) is 13.6. The fourth-order valence-corrected chi connectivity index (χ4v) is 1.88. The van der Waals surface area contributed by atoms with Gasteiger partial charge >= 0.3 is 0 Å². The highest BCUT2D eigenvalue weighted by Gasteiger charge is 2.39. The number of ketones is 1. The minimum absolute atomic E-state index is 0.0871. The van der Waals surface area contributed by atoms with Crippen molar-refractivity contribution in [2.24, 2.45) is 0 Å². The maximum atomic E-state index is 11.8. The summed E-state index contributed by atoms with van der Waals surface area (Å²) in [4.78, 5) is 11.8. The molecule has 0 aromatic carbocycles. The number of carbonyl (C=O) groups is 1. The van der Waals surface area contributed by atoms with Crippen LogP contribution in [-0.4, -0.2) is 53.0 Å². The van der Waals surface area contributed by atoms with E-state index >= 15 is 0 Å². The fourth-order valence-electron chi connectivity index (χ4n) is 1.88. The highest BCUT2D eigenvalue weighted by Crippen LogP contribution is 2.18. The lowest BCUT2D eigenvalue weighted by Gasteiger charge is -2.28. The van der Waals surface area contributed by atoms with Gasteiger partial charge in [-0.25, -0.2) is 0 Å². The summed E-state index contributed by atoms with van der Waals surface area (Å²) in [5.41, 5.74) is 0. The van der Waals surface area contributed by atoms with Crippen molar-refractivity contribution in [3.63, 3.8) is 0 Å². The molecule has 3 N–H and O–H groups in total. The van der Waals surface area contributed by atoms with Crippen LogP contribution in [0.1, 0.15) is 27.2 Å². The van der Waals surface area contributed by atoms with Crippen LogP contribution in [0.2, 0.25) is 0 Å². The highest BCUT2D eigenvalue weighted by molar-refractivity contribution is 5.88. The van der Waals surface area contributed by atoms with Gasteiger partial charge in [0.25, 0.3) is 0 Å². The number of carbonyl (C=O) groups excluding carboxylic acids is 1. The second-order valence-electron chi connectivity index (χ2n) is 4.57. The molecule has 0 aromatic rings. The summed E-state index contributed by atoms with van der Waals surface area (Å²) in [6, 6.07) is -0.554. The van der Waals surface area contributed by atoms with Crippen LogP contribution in [-0.2, 0) is 9.53 Å². The van der Waals surface area contributed by atoms with Crippen LogP contribution in [0.25, 0.3) is 0 Å². The molecule has 1 rings (SSSR count). The molecule has 1 heterocycles. The molecular formula is C11H21NO4. The van der Waals surface area contributed by atoms with E-state index in [0.29, 0.717) is 13.0 Å². The molecule has 1 saturated heterocycles. The molecular weight excluding hydrogens is 210 g/mol. The topological polar surface area (TPSA) is 78.8 Å². The first-order valence-electron chi connectivity index (χ1n) is 5.71. The number of hydrogen-bond acceptors (Lipinski definition) is 5. The molecule has 94 valence electrons. The molecule has 0 spiro atoms. The minimum atomic E-state index is -1.05. The summed E-state index contributed by atoms with van der Waals surface area (Å²) >= 11 is 0. The zero-order valence-corrected chi connectivity index (χ0v) is 10.0. The van der Waals surface area contributed by atoms with Gasteiger partial charge in [-0.05, 0) is 13.3 Å². The maximum absolute atomic E-state index is 11.8. The van der Waals surface area contributed by atoms with Gasteiger partial charge in [0.1, 0.15) is 12.2 Å². The van der Waals surface area contributed by atoms with Crippen LogP contribution < -0.4 is 5.32 Å². The Bertz CT molecular complexity index is 242. The van der Waals surface area contributed by atoms with Gasteiger partial charge < -0.3 is 20.3 Å². The molecule has 0 saturated carbocycles. The van der Waals surface area contributed by atoms with Crippen molar-refractivity contribution in [2.75, 3.05) is 6.61 Å². The molecule has 16 heavy (non-hydrogen) atoms. The van der Waals surface area contributed by atoms with Crippen LogP contribution in [0.3, 0.4) is 0 Å². The number of aliphatic hydroxyl groups excluding tert-OH is 2. The number of nitrogens with one attached hydrogen (secondary N) is 1. The van der Waals surface area contributed by atoms with Gasteiger partial charge in [0, 0.05) is 12.6 Å². The first-order valence-corrected chi connectivity index (χ1v) is 5.71. The summed E-state index contributed by atoms with van der Waals surface area (Å²) in [6.45, 7) is 5.70. The van der Waals surface area contributed by atoms with Crippen molar-refractivity contribution in [1.82, 2.24) is 5.32 Å². The van der Waals surface area contributed by atoms with Gasteiger partial charge in [-0.15, -0.1) is 0 Å². The van der Waals surface area contributed by atoms with E-state index in [0.717, 1.165) is 0 Å². The van der Waals surface area contributed by atoms with Gasteiger partial charge in [0.2, 0.25) is 0 Å². The predicted octanol–water partition coefficient (Wildman–Crippen LogP) is -0.547. The van der Waals surface area contributed by atoms with E-state index < -0.39 is 24.4 Å². The molecule has 0 aromatic heterocycles. The first-order chi connectivity index (χ1) is 7.43. The fraction of sp³-hybridized carbons (Fsp3) is 0.909. The predicted molar refractivity (Wildman–Crippen MR) is 59.1 cm³/mol. The molecule has 0 amide bonds. The second kappa shape index (κ2) is 5.72. The van der Waals surface area contributed by atoms with Crippen molar-refractivity contribution in [2.45, 2.75) is 57.6 Å². The Labute approximate surface area is 95.8 Å². The maximum Gasteiger partial charge on any atom is 0.180 e. The Morgan fingerprint density at radius 1 is 1.44 bits per heavy atom. The highest BCUT2D eigenvalue weighted by atomic mass is 16.5. The molecule has 1 aliphatic heterocycles. The monoisotopic (exact) mass is 231 g/mol. The number of rotatable bonds is 5. The molecule has 4 atom stereocenters. The lowest BCUT2D eigenvalue weighted by molar-refractivity contribution is -0.133. The molecule has 5 heteroatoms. The minimum Gasteiger partial charge on any atom is -0.390 e. The lowest BCUT2D eigenvalue weighted by atomic mass is 9.98. The van der Waals surface area contributed by atoms with Crippen molar-refractivity contribution in [3.05, 3.63) is 0 Å². The summed E-state index contributed by atoms with van der Waals surface area (Å²) < 4.78 is 5.36. The molecule has 0 radical (unpaired) electrons. The van der Waals surface area contributed by atoms with Crippen LogP contribution in [0.4, 0.5) is 0 Å². The number of ether oxygens (including phenoxy) is 1. The largest absolute Gasteiger partial charge is 0.390 e. The Morgan fingerprint density at radius 2 is 2.06 bits per heavy atom. The van der Waals surface area contributed by atoms with E-state index in [9.17, 15) is 15.0 Å². The van der Waals surface area contributed by atoms with Crippen LogP contribution >= 0.6 is 0 Å². The van der Waals surface area contributed by atoms with E-state index in [1.807, 2.05) is 13.8 Å². The van der Waals surface area contributed by atoms with E-state index in [2.05, 4.69) is 5.32 Å². The van der Waals surface area contributed by atoms with Gasteiger partial charge in [0.15, 0.2) is 5.78 Å². The van der Waals surface area contributed by atoms with E-state index in [1.54, 1.807) is 0 Å². The summed E-state index contributed by atoms with van der Waals surface area (Å²) in [6.07, 6.45) is -1.70. The van der Waals surface area contributed by atoms with Gasteiger partial charge in [-0.2, -0.15) is 0 Å². The second-order valence-corrected chi connectivity index (χ2v) is 4.57. The average molecular weight is 231 g/mol. The molecule has 1 fully saturated rings. The van der Waals surface area contributed by atoms with E-state index in [-0.39, 0.29) is 11.8 Å². The molecule has 1 aliphatic rings. The molecule has 0 aliphatic carbocycles. The molecule has 4 unspecified atom stereocenters. The van der Waals surface area contributed by atoms with Gasteiger partial charge in [0.05, 0.1) is 12.1 Å². The van der Waals surface area contributed by atoms with Gasteiger partial charge in [-0.1, -0.05) is 13.8 Å². The van der Waals surface area contributed by atoms with Crippen LogP contribution in [0.5, 0.6) is 0 Å². The zero-order chi connectivity index (χ0) is 12.3. The molecule has 0 bridgehead atoms. The summed E-state index contributed by atoms with van der Waals surface area (Å²) in [5, 5.41) is 22.1. The third-order valence-electron chi connectivity index (χ3n) is 2.66.